The minimum atomic E-state index is -5.09. The molecule has 3 aromatic rings. The summed E-state index contributed by atoms with van der Waals surface area (Å²) < 4.78 is 160. The molecule has 0 atom stereocenters. The lowest BCUT2D eigenvalue weighted by molar-refractivity contribution is -0.139. The fourth-order valence-electron chi connectivity index (χ4n) is 5.63. The minimum Gasteiger partial charge on any atom is -0.361 e. The first-order valence-corrected chi connectivity index (χ1v) is 13.3. The Balaban J connectivity index is 1.91. The summed E-state index contributed by atoms with van der Waals surface area (Å²) in [4.78, 5) is 3.97. The fraction of sp³-hybridized carbons (Fsp3) is 0.0909. The Morgan fingerprint density at radius 1 is 0.702 bits per heavy atom. The first-order chi connectivity index (χ1) is 22.1. The predicted octanol–water partition coefficient (Wildman–Crippen LogP) is 7.42. The molecule has 0 aromatic heterocycles. The smallest absolute Gasteiger partial charge is 0.361 e. The number of hydrogen-bond donors (Lipinski definition) is 1. The maximum Gasteiger partial charge on any atom is 0.417 e. The Kier molecular flexibility index (Phi) is 7.45. The van der Waals surface area contributed by atoms with E-state index in [0.717, 1.165) is 12.1 Å². The van der Waals surface area contributed by atoms with Crippen molar-refractivity contribution < 1.29 is 48.3 Å². The third kappa shape index (κ3) is 5.11. The maximum atomic E-state index is 15.2. The molecule has 1 aliphatic carbocycles. The number of allylic oxidation sites excluding steroid dienone is 4. The van der Waals surface area contributed by atoms with Crippen LogP contribution in [-0.4, -0.2) is 6.21 Å². The van der Waals surface area contributed by atoms with E-state index < -0.39 is 101 Å². The van der Waals surface area contributed by atoms with Crippen LogP contribution in [0.1, 0.15) is 34.2 Å². The molecule has 3 aliphatic rings. The van der Waals surface area contributed by atoms with Gasteiger partial charge in [0.1, 0.15) is 6.07 Å². The van der Waals surface area contributed by atoms with E-state index in [0.29, 0.717) is 12.1 Å². The number of nitriles is 1. The molecule has 0 bridgehead atoms. The molecule has 14 heteroatoms. The Morgan fingerprint density at radius 3 is 1.74 bits per heavy atom. The lowest BCUT2D eigenvalue weighted by Crippen LogP contribution is -2.26. The summed E-state index contributed by atoms with van der Waals surface area (Å²) >= 11 is 0. The molecule has 0 fully saturated rings. The first-order valence-electron chi connectivity index (χ1n) is 13.3. The highest BCUT2D eigenvalue weighted by Gasteiger charge is 2.38. The van der Waals surface area contributed by atoms with Crippen LogP contribution in [0, 0.1) is 50.9 Å². The standard InChI is InChI=1S/C33H14F11N3/c34-27-26(28(35)30(37)31(38)29(27)36)20(13-45)25-16-9-18(23-5-1-3-7-46-23)21(32(39,40)41)11-14(16)15-12-22(33(42,43)44)19(10-17(15)25)24-6-2-4-8-47-24/h1-5,7-12,46H,6H2/b23-18?,24-19?,25-20-. The number of benzene rings is 3. The van der Waals surface area contributed by atoms with Crippen LogP contribution >= 0.6 is 0 Å². The topological polar surface area (TPSA) is 48.2 Å². The van der Waals surface area contributed by atoms with Crippen molar-refractivity contribution in [1.29, 1.82) is 5.26 Å². The Morgan fingerprint density at radius 2 is 1.26 bits per heavy atom. The second-order valence-corrected chi connectivity index (χ2v) is 10.3. The molecular weight excluding hydrogens is 647 g/mol. The minimum absolute atomic E-state index is 0.126. The average molecular weight is 661 g/mol. The summed E-state index contributed by atoms with van der Waals surface area (Å²) in [6, 6.07) is 4.09. The second kappa shape index (κ2) is 11.1. The summed E-state index contributed by atoms with van der Waals surface area (Å²) in [5.41, 5.74) is -7.39. The number of aliphatic imine (C=N–C) groups is 1. The lowest BCUT2D eigenvalue weighted by atomic mass is 9.90. The van der Waals surface area contributed by atoms with Crippen LogP contribution in [0.15, 0.2) is 65.8 Å². The van der Waals surface area contributed by atoms with E-state index in [1.54, 1.807) is 0 Å². The fourth-order valence-corrected chi connectivity index (χ4v) is 5.63. The van der Waals surface area contributed by atoms with Crippen LogP contribution in [-0.2, 0) is 12.4 Å². The van der Waals surface area contributed by atoms with Crippen LogP contribution in [0.2, 0.25) is 0 Å². The molecule has 0 unspecified atom stereocenters. The Labute approximate surface area is 256 Å². The molecule has 1 N–H and O–H groups in total. The van der Waals surface area contributed by atoms with Crippen LogP contribution in [0.5, 0.6) is 0 Å². The quantitative estimate of drug-likeness (QED) is 0.1000. The third-order valence-electron chi connectivity index (χ3n) is 7.65. The highest BCUT2D eigenvalue weighted by molar-refractivity contribution is 6.05. The summed E-state index contributed by atoms with van der Waals surface area (Å²) in [5, 5.41) is 10.6. The molecule has 2 aliphatic heterocycles. The molecule has 47 heavy (non-hydrogen) atoms. The second-order valence-electron chi connectivity index (χ2n) is 10.3. The average Bonchev–Trinajstić information content (AvgIpc) is 3.36. The number of nitrogens with one attached hydrogen (secondary N) is 1. The largest absolute Gasteiger partial charge is 0.417 e. The van der Waals surface area contributed by atoms with Crippen LogP contribution in [0.4, 0.5) is 48.3 Å². The molecule has 0 amide bonds. The molecule has 0 saturated carbocycles. The van der Waals surface area contributed by atoms with Crippen molar-refractivity contribution >= 4 is 28.8 Å². The third-order valence-corrected chi connectivity index (χ3v) is 7.65. The van der Waals surface area contributed by atoms with Gasteiger partial charge in [0.15, 0.2) is 23.3 Å². The molecule has 3 aromatic carbocycles. The molecule has 0 spiro atoms. The van der Waals surface area contributed by atoms with Crippen molar-refractivity contribution in [2.75, 3.05) is 0 Å². The van der Waals surface area contributed by atoms with E-state index in [4.69, 9.17) is 0 Å². The van der Waals surface area contributed by atoms with E-state index in [9.17, 15) is 44.8 Å². The zero-order chi connectivity index (χ0) is 34.0. The molecule has 0 saturated heterocycles. The number of dihydropyridines is 2. The maximum absolute atomic E-state index is 15.2. The van der Waals surface area contributed by atoms with Gasteiger partial charge in [0, 0.05) is 40.5 Å². The van der Waals surface area contributed by atoms with Gasteiger partial charge in [-0.05, 0) is 64.1 Å². The van der Waals surface area contributed by atoms with Crippen LogP contribution in [0.3, 0.4) is 0 Å². The van der Waals surface area contributed by atoms with Gasteiger partial charge in [-0.1, -0.05) is 12.2 Å². The van der Waals surface area contributed by atoms with Gasteiger partial charge in [0.25, 0.3) is 0 Å². The van der Waals surface area contributed by atoms with Crippen molar-refractivity contribution in [1.82, 2.24) is 5.32 Å². The van der Waals surface area contributed by atoms with Gasteiger partial charge < -0.3 is 5.32 Å². The summed E-state index contributed by atoms with van der Waals surface area (Å²) in [6.45, 7) is 0. The van der Waals surface area contributed by atoms with Gasteiger partial charge in [-0.2, -0.15) is 31.6 Å². The summed E-state index contributed by atoms with van der Waals surface area (Å²) in [7, 11) is 0. The van der Waals surface area contributed by atoms with Gasteiger partial charge in [-0.25, -0.2) is 22.0 Å². The van der Waals surface area contributed by atoms with Crippen molar-refractivity contribution in [3.05, 3.63) is 139 Å². The monoisotopic (exact) mass is 661 g/mol. The number of hydrogen-bond acceptors (Lipinski definition) is 3. The van der Waals surface area contributed by atoms with Crippen molar-refractivity contribution in [3.8, 4) is 6.07 Å². The van der Waals surface area contributed by atoms with Gasteiger partial charge in [0.05, 0.1) is 28.0 Å². The van der Waals surface area contributed by atoms with E-state index in [1.807, 2.05) is 0 Å². The SMILES string of the molecule is N#C/C(=C1/c2cc(=C3CC=CC=N3)c(C(F)(F)F)cc2=c2cc(C(F)(F)F)c(=C3C=CC=CN3)cc21)c1c(F)c(F)c(F)c(F)c1F. The molecule has 2 heterocycles. The van der Waals surface area contributed by atoms with Gasteiger partial charge in [0.2, 0.25) is 5.82 Å². The highest BCUT2D eigenvalue weighted by atomic mass is 19.4. The molecule has 0 radical (unpaired) electrons. The van der Waals surface area contributed by atoms with E-state index in [-0.39, 0.29) is 17.8 Å². The van der Waals surface area contributed by atoms with Crippen LogP contribution in [0.25, 0.3) is 22.5 Å². The van der Waals surface area contributed by atoms with Gasteiger partial charge in [-0.15, -0.1) is 0 Å². The van der Waals surface area contributed by atoms with Crippen molar-refractivity contribution in [2.45, 2.75) is 18.8 Å². The Hall–Kier alpha value is -5.45. The number of fused-ring (bicyclic) bond motifs is 2. The zero-order valence-corrected chi connectivity index (χ0v) is 23.1. The van der Waals surface area contributed by atoms with E-state index in [1.165, 1.54) is 48.9 Å². The number of rotatable bonds is 1. The van der Waals surface area contributed by atoms with Crippen LogP contribution < -0.4 is 15.8 Å². The predicted molar refractivity (Wildman–Crippen MR) is 148 cm³/mol. The summed E-state index contributed by atoms with van der Waals surface area (Å²) in [6.07, 6.45) is -0.868. The highest BCUT2D eigenvalue weighted by Crippen LogP contribution is 2.42. The summed E-state index contributed by atoms with van der Waals surface area (Å²) in [5.74, 6) is -12.2. The normalized spacial score (nSPS) is 18.6. The molecule has 6 rings (SSSR count). The number of halogens is 11. The van der Waals surface area contributed by atoms with Gasteiger partial charge >= 0.3 is 12.4 Å². The number of nitrogens with zero attached hydrogens (tertiary/aromatic N) is 2. The zero-order valence-electron chi connectivity index (χ0n) is 23.1. The van der Waals surface area contributed by atoms with E-state index >= 15 is 8.78 Å². The van der Waals surface area contributed by atoms with Gasteiger partial charge in [-0.3, -0.25) is 4.99 Å². The molecule has 3 nitrogen and oxygen atoms in total. The van der Waals surface area contributed by atoms with Crippen molar-refractivity contribution in [3.63, 3.8) is 0 Å². The van der Waals surface area contributed by atoms with E-state index in [2.05, 4.69) is 10.3 Å². The Bertz CT molecular complexity index is 2190. The molecule has 238 valence electrons. The first kappa shape index (κ1) is 31.5. The number of alkyl halides is 6. The lowest BCUT2D eigenvalue weighted by Gasteiger charge is -2.16. The van der Waals surface area contributed by atoms with Crippen molar-refractivity contribution in [2.24, 2.45) is 4.99 Å². The molecular formula is C33H14F11N3.